The summed E-state index contributed by atoms with van der Waals surface area (Å²) in [6.07, 6.45) is -0.0732. The normalized spacial score (nSPS) is 21.7. The van der Waals surface area contributed by atoms with Gasteiger partial charge in [-0.25, -0.2) is 4.79 Å². The Bertz CT molecular complexity index is 347. The predicted molar refractivity (Wildman–Crippen MR) is 83.8 cm³/mol. The SMILES string of the molecule is CCOC1CN(C(=O)OC(C)(C)C)CCC1(OCC)OCC. The molecule has 0 spiro atoms. The Hall–Kier alpha value is -0.850. The maximum Gasteiger partial charge on any atom is 0.410 e. The molecule has 0 aliphatic carbocycles. The van der Waals surface area contributed by atoms with Crippen LogP contribution in [0, 0.1) is 0 Å². The van der Waals surface area contributed by atoms with Crippen LogP contribution in [0.25, 0.3) is 0 Å². The molecule has 0 N–H and O–H groups in total. The highest BCUT2D eigenvalue weighted by atomic mass is 16.7. The zero-order valence-electron chi connectivity index (χ0n) is 14.8. The van der Waals surface area contributed by atoms with Crippen LogP contribution in [0.1, 0.15) is 48.0 Å². The van der Waals surface area contributed by atoms with Crippen LogP contribution in [-0.4, -0.2) is 61.4 Å². The molecule has 1 aliphatic rings. The number of carbonyl (C=O) groups is 1. The molecule has 0 aromatic heterocycles. The summed E-state index contributed by atoms with van der Waals surface area (Å²) in [5.41, 5.74) is -0.507. The summed E-state index contributed by atoms with van der Waals surface area (Å²) < 4.78 is 23.0. The van der Waals surface area contributed by atoms with E-state index in [1.54, 1.807) is 4.90 Å². The fourth-order valence-corrected chi connectivity index (χ4v) is 2.62. The van der Waals surface area contributed by atoms with Crippen molar-refractivity contribution in [2.24, 2.45) is 0 Å². The van der Waals surface area contributed by atoms with E-state index in [-0.39, 0.29) is 12.2 Å². The van der Waals surface area contributed by atoms with E-state index in [4.69, 9.17) is 18.9 Å². The summed E-state index contributed by atoms with van der Waals surface area (Å²) in [5.74, 6) is -0.780. The summed E-state index contributed by atoms with van der Waals surface area (Å²) >= 11 is 0. The van der Waals surface area contributed by atoms with Gasteiger partial charge in [0.1, 0.15) is 11.7 Å². The summed E-state index contributed by atoms with van der Waals surface area (Å²) in [6.45, 7) is 13.9. The molecule has 1 atom stereocenters. The molecular weight excluding hydrogens is 286 g/mol. The predicted octanol–water partition coefficient (Wildman–Crippen LogP) is 2.80. The van der Waals surface area contributed by atoms with Gasteiger partial charge < -0.3 is 23.8 Å². The van der Waals surface area contributed by atoms with Gasteiger partial charge in [0.15, 0.2) is 5.79 Å². The molecule has 1 aliphatic heterocycles. The van der Waals surface area contributed by atoms with Crippen molar-refractivity contribution in [1.29, 1.82) is 0 Å². The quantitative estimate of drug-likeness (QED) is 0.705. The van der Waals surface area contributed by atoms with E-state index in [0.717, 1.165) is 0 Å². The second kappa shape index (κ2) is 8.13. The van der Waals surface area contributed by atoms with Crippen LogP contribution in [0.2, 0.25) is 0 Å². The van der Waals surface area contributed by atoms with Crippen molar-refractivity contribution >= 4 is 6.09 Å². The van der Waals surface area contributed by atoms with Crippen LogP contribution in [0.15, 0.2) is 0 Å². The number of hydrogen-bond acceptors (Lipinski definition) is 5. The zero-order chi connectivity index (χ0) is 16.8. The first-order valence-corrected chi connectivity index (χ1v) is 8.15. The van der Waals surface area contributed by atoms with Gasteiger partial charge in [0.2, 0.25) is 0 Å². The molecule has 0 saturated carbocycles. The Morgan fingerprint density at radius 3 is 2.18 bits per heavy atom. The Morgan fingerprint density at radius 2 is 1.73 bits per heavy atom. The molecule has 0 bridgehead atoms. The zero-order valence-corrected chi connectivity index (χ0v) is 14.8. The smallest absolute Gasteiger partial charge is 0.410 e. The Kier molecular flexibility index (Phi) is 7.09. The van der Waals surface area contributed by atoms with Gasteiger partial charge in [-0.05, 0) is 41.5 Å². The molecule has 0 radical (unpaired) electrons. The minimum Gasteiger partial charge on any atom is -0.444 e. The van der Waals surface area contributed by atoms with Crippen LogP contribution in [-0.2, 0) is 18.9 Å². The third-order valence-electron chi connectivity index (χ3n) is 3.40. The fourth-order valence-electron chi connectivity index (χ4n) is 2.62. The van der Waals surface area contributed by atoms with Crippen molar-refractivity contribution in [1.82, 2.24) is 4.90 Å². The fraction of sp³-hybridized carbons (Fsp3) is 0.938. The maximum absolute atomic E-state index is 12.3. The van der Waals surface area contributed by atoms with Crippen LogP contribution in [0.3, 0.4) is 0 Å². The number of nitrogens with zero attached hydrogens (tertiary/aromatic N) is 1. The number of ether oxygens (including phenoxy) is 4. The first-order chi connectivity index (χ1) is 10.3. The van der Waals surface area contributed by atoms with Gasteiger partial charge in [-0.15, -0.1) is 0 Å². The lowest BCUT2D eigenvalue weighted by Gasteiger charge is -2.46. The molecule has 1 rings (SSSR count). The second-order valence-electron chi connectivity index (χ2n) is 6.30. The van der Waals surface area contributed by atoms with Crippen molar-refractivity contribution in [3.05, 3.63) is 0 Å². The summed E-state index contributed by atoms with van der Waals surface area (Å²) in [5, 5.41) is 0. The van der Waals surface area contributed by atoms with Gasteiger partial charge in [-0.2, -0.15) is 0 Å². The third-order valence-corrected chi connectivity index (χ3v) is 3.40. The van der Waals surface area contributed by atoms with Crippen LogP contribution in [0.5, 0.6) is 0 Å². The summed E-state index contributed by atoms with van der Waals surface area (Å²) in [7, 11) is 0. The largest absolute Gasteiger partial charge is 0.444 e. The maximum atomic E-state index is 12.3. The van der Waals surface area contributed by atoms with Crippen molar-refractivity contribution in [2.45, 2.75) is 65.5 Å². The number of amides is 1. The van der Waals surface area contributed by atoms with Crippen LogP contribution >= 0.6 is 0 Å². The van der Waals surface area contributed by atoms with Crippen LogP contribution < -0.4 is 0 Å². The molecule has 1 unspecified atom stereocenters. The number of piperidine rings is 1. The highest BCUT2D eigenvalue weighted by molar-refractivity contribution is 5.68. The molecule has 1 fully saturated rings. The Labute approximate surface area is 134 Å². The van der Waals surface area contributed by atoms with E-state index in [2.05, 4.69) is 0 Å². The van der Waals surface area contributed by atoms with Gasteiger partial charge >= 0.3 is 6.09 Å². The van der Waals surface area contributed by atoms with Gasteiger partial charge in [0.05, 0.1) is 6.54 Å². The minimum absolute atomic E-state index is 0.321. The van der Waals surface area contributed by atoms with E-state index in [0.29, 0.717) is 39.3 Å². The third kappa shape index (κ3) is 5.11. The van der Waals surface area contributed by atoms with Crippen LogP contribution in [0.4, 0.5) is 4.79 Å². The lowest BCUT2D eigenvalue weighted by atomic mass is 10.00. The Morgan fingerprint density at radius 1 is 1.14 bits per heavy atom. The summed E-state index contributed by atoms with van der Waals surface area (Å²) in [6, 6.07) is 0. The molecule has 6 nitrogen and oxygen atoms in total. The van der Waals surface area contributed by atoms with Gasteiger partial charge in [-0.3, -0.25) is 0 Å². The molecule has 22 heavy (non-hydrogen) atoms. The molecule has 1 amide bonds. The van der Waals surface area contributed by atoms with Crippen molar-refractivity contribution in [3.8, 4) is 0 Å². The molecule has 130 valence electrons. The molecule has 6 heteroatoms. The molecule has 1 saturated heterocycles. The Balaban J connectivity index is 2.83. The van der Waals surface area contributed by atoms with E-state index < -0.39 is 11.4 Å². The van der Waals surface area contributed by atoms with E-state index in [1.807, 2.05) is 41.5 Å². The van der Waals surface area contributed by atoms with Crippen molar-refractivity contribution in [2.75, 3.05) is 32.9 Å². The van der Waals surface area contributed by atoms with Crippen molar-refractivity contribution in [3.63, 3.8) is 0 Å². The average Bonchev–Trinajstić information content (AvgIpc) is 2.40. The molecule has 1 heterocycles. The standard InChI is InChI=1S/C16H31NO5/c1-7-19-13-12-17(14(18)22-15(4,5)6)11-10-16(13,20-8-2)21-9-3/h13H,7-12H2,1-6H3. The second-order valence-corrected chi connectivity index (χ2v) is 6.30. The summed E-state index contributed by atoms with van der Waals surface area (Å²) in [4.78, 5) is 13.9. The number of likely N-dealkylation sites (tertiary alicyclic amines) is 1. The molecule has 0 aromatic carbocycles. The lowest BCUT2D eigenvalue weighted by Crippen LogP contribution is -2.60. The van der Waals surface area contributed by atoms with E-state index >= 15 is 0 Å². The van der Waals surface area contributed by atoms with Gasteiger partial charge in [-0.1, -0.05) is 0 Å². The number of carbonyl (C=O) groups excluding carboxylic acids is 1. The number of hydrogen-bond donors (Lipinski definition) is 0. The topological polar surface area (TPSA) is 57.2 Å². The van der Waals surface area contributed by atoms with E-state index in [1.165, 1.54) is 0 Å². The molecular formula is C16H31NO5. The highest BCUT2D eigenvalue weighted by Crippen LogP contribution is 2.31. The average molecular weight is 317 g/mol. The first-order valence-electron chi connectivity index (χ1n) is 8.15. The lowest BCUT2D eigenvalue weighted by molar-refractivity contribution is -0.304. The van der Waals surface area contributed by atoms with Crippen molar-refractivity contribution < 1.29 is 23.7 Å². The number of rotatable bonds is 6. The van der Waals surface area contributed by atoms with E-state index in [9.17, 15) is 4.79 Å². The first kappa shape index (κ1) is 19.2. The highest BCUT2D eigenvalue weighted by Gasteiger charge is 2.47. The van der Waals surface area contributed by atoms with Gasteiger partial charge in [0.25, 0.3) is 0 Å². The molecule has 0 aromatic rings. The minimum atomic E-state index is -0.780. The monoisotopic (exact) mass is 317 g/mol. The van der Waals surface area contributed by atoms with Gasteiger partial charge in [0, 0.05) is 32.8 Å².